The van der Waals surface area contributed by atoms with Crippen molar-refractivity contribution in [1.82, 2.24) is 10.1 Å². The van der Waals surface area contributed by atoms with Gasteiger partial charge in [0.25, 0.3) is 5.89 Å². The summed E-state index contributed by atoms with van der Waals surface area (Å²) in [6.45, 7) is 1.87. The average Bonchev–Trinajstić information content (AvgIpc) is 2.84. The molecule has 1 heterocycles. The number of rotatable bonds is 3. The second kappa shape index (κ2) is 4.64. The van der Waals surface area contributed by atoms with Gasteiger partial charge in [-0.25, -0.2) is 8.42 Å². The van der Waals surface area contributed by atoms with Crippen molar-refractivity contribution in [3.63, 3.8) is 0 Å². The first-order chi connectivity index (χ1) is 9.79. The van der Waals surface area contributed by atoms with Crippen molar-refractivity contribution in [1.29, 1.82) is 0 Å². The number of sulfone groups is 1. The van der Waals surface area contributed by atoms with Crippen molar-refractivity contribution >= 4 is 9.84 Å². The molecule has 1 saturated carbocycles. The maximum absolute atomic E-state index is 11.7. The van der Waals surface area contributed by atoms with Crippen LogP contribution >= 0.6 is 0 Å². The molecule has 1 aliphatic rings. The highest BCUT2D eigenvalue weighted by molar-refractivity contribution is 7.90. The Kier molecular flexibility index (Phi) is 3.14. The van der Waals surface area contributed by atoms with Crippen LogP contribution in [-0.2, 0) is 15.4 Å². The molecule has 2 aromatic rings. The van der Waals surface area contributed by atoms with Gasteiger partial charge in [-0.1, -0.05) is 11.2 Å². The van der Waals surface area contributed by atoms with Crippen molar-refractivity contribution in [3.8, 4) is 11.5 Å². The van der Waals surface area contributed by atoms with E-state index in [4.69, 9.17) is 10.3 Å². The molecular formula is C14H17N3O3S. The van der Waals surface area contributed by atoms with Crippen molar-refractivity contribution < 1.29 is 12.9 Å². The molecule has 1 aromatic heterocycles. The van der Waals surface area contributed by atoms with Crippen molar-refractivity contribution in [3.05, 3.63) is 29.6 Å². The summed E-state index contributed by atoms with van der Waals surface area (Å²) in [5.41, 5.74) is 7.17. The van der Waals surface area contributed by atoms with Crippen LogP contribution in [0.4, 0.5) is 0 Å². The molecule has 3 rings (SSSR count). The largest absolute Gasteiger partial charge is 0.334 e. The van der Waals surface area contributed by atoms with E-state index in [0.29, 0.717) is 17.3 Å². The highest BCUT2D eigenvalue weighted by atomic mass is 32.2. The number of hydrogen-bond acceptors (Lipinski definition) is 6. The van der Waals surface area contributed by atoms with E-state index in [1.54, 1.807) is 18.2 Å². The molecule has 0 unspecified atom stereocenters. The lowest BCUT2D eigenvalue weighted by Gasteiger charge is -2.34. The zero-order valence-corrected chi connectivity index (χ0v) is 12.8. The molecular weight excluding hydrogens is 290 g/mol. The summed E-state index contributed by atoms with van der Waals surface area (Å²) in [6.07, 6.45) is 3.91. The van der Waals surface area contributed by atoms with Crippen LogP contribution in [0.2, 0.25) is 0 Å². The van der Waals surface area contributed by atoms with E-state index in [-0.39, 0.29) is 4.90 Å². The molecule has 6 nitrogen and oxygen atoms in total. The molecule has 1 fully saturated rings. The van der Waals surface area contributed by atoms with E-state index in [1.165, 1.54) is 6.26 Å². The van der Waals surface area contributed by atoms with Gasteiger partial charge < -0.3 is 10.3 Å². The highest BCUT2D eigenvalue weighted by Crippen LogP contribution is 2.38. The molecule has 0 aliphatic heterocycles. The van der Waals surface area contributed by atoms with Gasteiger partial charge in [0.15, 0.2) is 15.7 Å². The number of nitrogens with zero attached hydrogens (tertiary/aromatic N) is 2. The summed E-state index contributed by atoms with van der Waals surface area (Å²) >= 11 is 0. The van der Waals surface area contributed by atoms with E-state index in [1.807, 2.05) is 6.92 Å². The quantitative estimate of drug-likeness (QED) is 0.928. The Bertz CT molecular complexity index is 792. The fourth-order valence-electron chi connectivity index (χ4n) is 2.38. The third-order valence-corrected chi connectivity index (χ3v) is 5.09. The number of aryl methyl sites for hydroxylation is 1. The first-order valence-electron chi connectivity index (χ1n) is 6.74. The fourth-order valence-corrected chi connectivity index (χ4v) is 3.03. The third-order valence-electron chi connectivity index (χ3n) is 3.98. The Morgan fingerprint density at radius 2 is 2.05 bits per heavy atom. The van der Waals surface area contributed by atoms with Crippen LogP contribution in [0.15, 0.2) is 27.6 Å². The van der Waals surface area contributed by atoms with E-state index in [2.05, 4.69) is 10.1 Å². The molecule has 0 bridgehead atoms. The Hall–Kier alpha value is -1.73. The van der Waals surface area contributed by atoms with Gasteiger partial charge >= 0.3 is 0 Å². The van der Waals surface area contributed by atoms with Crippen LogP contribution in [0.3, 0.4) is 0 Å². The van der Waals surface area contributed by atoms with Crippen molar-refractivity contribution in [2.75, 3.05) is 6.26 Å². The molecule has 21 heavy (non-hydrogen) atoms. The molecule has 1 aliphatic carbocycles. The molecule has 2 N–H and O–H groups in total. The summed E-state index contributed by atoms with van der Waals surface area (Å²) in [5, 5.41) is 3.96. The predicted octanol–water partition coefficient (Wildman–Crippen LogP) is 1.79. The van der Waals surface area contributed by atoms with Gasteiger partial charge in [0, 0.05) is 11.8 Å². The van der Waals surface area contributed by atoms with Gasteiger partial charge in [0.05, 0.1) is 10.4 Å². The molecule has 0 amide bonds. The topological polar surface area (TPSA) is 99.1 Å². The number of hydrogen-bond donors (Lipinski definition) is 1. The highest BCUT2D eigenvalue weighted by Gasteiger charge is 2.39. The Balaban J connectivity index is 2.04. The normalized spacial score (nSPS) is 17.5. The van der Waals surface area contributed by atoms with Gasteiger partial charge in [0.1, 0.15) is 0 Å². The predicted molar refractivity (Wildman–Crippen MR) is 77.3 cm³/mol. The Morgan fingerprint density at radius 3 is 2.62 bits per heavy atom. The zero-order chi connectivity index (χ0) is 15.3. The second-order valence-corrected chi connectivity index (χ2v) is 7.70. The minimum absolute atomic E-state index is 0.231. The van der Waals surface area contributed by atoms with Gasteiger partial charge in [-0.05, 0) is 43.9 Å². The van der Waals surface area contributed by atoms with Gasteiger partial charge in [-0.2, -0.15) is 4.98 Å². The maximum Gasteiger partial charge on any atom is 0.258 e. The van der Waals surface area contributed by atoms with E-state index >= 15 is 0 Å². The van der Waals surface area contributed by atoms with Crippen LogP contribution in [-0.4, -0.2) is 24.8 Å². The van der Waals surface area contributed by atoms with Crippen molar-refractivity contribution in [2.24, 2.45) is 5.73 Å². The molecule has 0 atom stereocenters. The second-order valence-electron chi connectivity index (χ2n) is 5.68. The van der Waals surface area contributed by atoms with Gasteiger partial charge in [-0.15, -0.1) is 0 Å². The Morgan fingerprint density at radius 1 is 1.33 bits per heavy atom. The van der Waals surface area contributed by atoms with Gasteiger partial charge in [0.2, 0.25) is 0 Å². The first-order valence-corrected chi connectivity index (χ1v) is 8.63. The van der Waals surface area contributed by atoms with Crippen LogP contribution in [0, 0.1) is 6.92 Å². The molecule has 0 spiro atoms. The fraction of sp³-hybridized carbons (Fsp3) is 0.429. The van der Waals surface area contributed by atoms with Crippen LogP contribution in [0.1, 0.15) is 30.7 Å². The summed E-state index contributed by atoms with van der Waals surface area (Å²) < 4.78 is 28.6. The molecule has 0 radical (unpaired) electrons. The van der Waals surface area contributed by atoms with E-state index in [9.17, 15) is 8.42 Å². The molecule has 0 saturated heterocycles. The maximum atomic E-state index is 11.7. The van der Waals surface area contributed by atoms with E-state index in [0.717, 1.165) is 24.8 Å². The summed E-state index contributed by atoms with van der Waals surface area (Å²) in [5.74, 6) is 0.803. The van der Waals surface area contributed by atoms with Crippen molar-refractivity contribution in [2.45, 2.75) is 36.6 Å². The van der Waals surface area contributed by atoms with Crippen LogP contribution < -0.4 is 5.73 Å². The summed E-state index contributed by atoms with van der Waals surface area (Å²) in [7, 11) is -3.28. The van der Waals surface area contributed by atoms with Crippen LogP contribution in [0.25, 0.3) is 11.5 Å². The van der Waals surface area contributed by atoms with Crippen LogP contribution in [0.5, 0.6) is 0 Å². The van der Waals surface area contributed by atoms with Gasteiger partial charge in [-0.3, -0.25) is 0 Å². The zero-order valence-electron chi connectivity index (χ0n) is 12.0. The lowest BCUT2D eigenvalue weighted by molar-refractivity contribution is 0.229. The number of benzene rings is 1. The standard InChI is InChI=1S/C14H17N3O3S/c1-9-4-5-10(21(2,18)19)8-11(9)12-16-13(17-20-12)14(15)6-3-7-14/h4-5,8H,3,6-7,15H2,1-2H3. The summed E-state index contributed by atoms with van der Waals surface area (Å²) in [4.78, 5) is 4.59. The lowest BCUT2D eigenvalue weighted by Crippen LogP contribution is -2.44. The SMILES string of the molecule is Cc1ccc(S(C)(=O)=O)cc1-c1nc(C2(N)CCC2)no1. The summed E-state index contributed by atoms with van der Waals surface area (Å²) in [6, 6.07) is 4.87. The molecule has 112 valence electrons. The third kappa shape index (κ3) is 2.47. The minimum atomic E-state index is -3.28. The average molecular weight is 307 g/mol. The monoisotopic (exact) mass is 307 g/mol. The van der Waals surface area contributed by atoms with E-state index < -0.39 is 15.4 Å². The first kappa shape index (κ1) is 14.2. The Labute approximate surface area is 123 Å². The number of nitrogens with two attached hydrogens (primary N) is 1. The molecule has 1 aromatic carbocycles. The lowest BCUT2D eigenvalue weighted by atomic mass is 9.77. The smallest absolute Gasteiger partial charge is 0.258 e. The number of aromatic nitrogens is 2. The molecule has 7 heteroatoms. The minimum Gasteiger partial charge on any atom is -0.334 e.